The van der Waals surface area contributed by atoms with Gasteiger partial charge in [0.25, 0.3) is 5.91 Å². The maximum atomic E-state index is 13.2. The highest BCUT2D eigenvalue weighted by Gasteiger charge is 2.24. The summed E-state index contributed by atoms with van der Waals surface area (Å²) in [7, 11) is 0. The monoisotopic (exact) mass is 472 g/mol. The number of benzene rings is 1. The lowest BCUT2D eigenvalue weighted by Gasteiger charge is -2.23. The van der Waals surface area contributed by atoms with Crippen LogP contribution >= 0.6 is 23.6 Å². The molecule has 0 radical (unpaired) electrons. The van der Waals surface area contributed by atoms with Gasteiger partial charge in [-0.15, -0.1) is 11.3 Å². The summed E-state index contributed by atoms with van der Waals surface area (Å²) < 4.78 is 17.9. The van der Waals surface area contributed by atoms with E-state index in [1.807, 2.05) is 20.8 Å². The summed E-state index contributed by atoms with van der Waals surface area (Å²) in [5.41, 5.74) is 2.92. The van der Waals surface area contributed by atoms with Crippen LogP contribution in [0.3, 0.4) is 0 Å². The predicted molar refractivity (Wildman–Crippen MR) is 129 cm³/mol. The molecule has 8 heteroatoms. The zero-order valence-corrected chi connectivity index (χ0v) is 20.5. The number of amides is 1. The Balaban J connectivity index is 2.01. The molecule has 1 N–H and O–H groups in total. The molecule has 1 aliphatic carbocycles. The van der Waals surface area contributed by atoms with Crippen LogP contribution in [-0.4, -0.2) is 25.7 Å². The van der Waals surface area contributed by atoms with Gasteiger partial charge in [-0.3, -0.25) is 4.79 Å². The Morgan fingerprint density at radius 1 is 1.16 bits per heavy atom. The summed E-state index contributed by atoms with van der Waals surface area (Å²) in [6.45, 7) is 9.07. The van der Waals surface area contributed by atoms with Crippen molar-refractivity contribution in [3.63, 3.8) is 0 Å². The summed E-state index contributed by atoms with van der Waals surface area (Å²) in [5.74, 6) is 1.54. The van der Waals surface area contributed by atoms with E-state index in [9.17, 15) is 10.1 Å². The van der Waals surface area contributed by atoms with Crippen LogP contribution < -0.4 is 19.5 Å². The van der Waals surface area contributed by atoms with Crippen molar-refractivity contribution in [2.24, 2.45) is 5.92 Å². The average Bonchev–Trinajstić information content (AvgIpc) is 2.76. The normalized spacial score (nSPS) is 14.8. The van der Waals surface area contributed by atoms with E-state index in [-0.39, 0.29) is 5.91 Å². The highest BCUT2D eigenvalue weighted by molar-refractivity contribution is 7.73. The number of carbonyl (C=O) groups is 1. The topological polar surface area (TPSA) is 80.6 Å². The van der Waals surface area contributed by atoms with Crippen LogP contribution in [0, 0.1) is 21.1 Å². The maximum Gasteiger partial charge on any atom is 0.256 e. The molecule has 1 aliphatic rings. The van der Waals surface area contributed by atoms with Gasteiger partial charge in [0.1, 0.15) is 11.1 Å². The molecule has 6 nitrogen and oxygen atoms in total. The summed E-state index contributed by atoms with van der Waals surface area (Å²) >= 11 is 6.90. The number of nitrogens with zero attached hydrogens (tertiary/aromatic N) is 1. The van der Waals surface area contributed by atoms with Gasteiger partial charge >= 0.3 is 0 Å². The van der Waals surface area contributed by atoms with Crippen LogP contribution in [-0.2, 0) is 12.8 Å². The molecular weight excluding hydrogens is 444 g/mol. The van der Waals surface area contributed by atoms with Crippen LogP contribution in [0.4, 0.5) is 5.00 Å². The standard InChI is InChI=1S/C24H28N2O4S2/c1-5-28-19-11-15(12-20(29-6-2)21(19)30-7-3)22(27)26-23-18(13-25)16-9-8-14(4)10-17(16)24(31)32-23/h11-12,14H,5-10H2,1-4H3,(H,26,27). The third kappa shape index (κ3) is 5.05. The SMILES string of the molecule is CCOc1cc(C(=O)Nc2sc(=S)c3c(c2C#N)CCC(C)C3)cc(OCC)c1OCC. The van der Waals surface area contributed by atoms with Crippen molar-refractivity contribution in [1.29, 1.82) is 5.26 Å². The molecule has 1 heterocycles. The van der Waals surface area contributed by atoms with Crippen molar-refractivity contribution >= 4 is 34.5 Å². The van der Waals surface area contributed by atoms with Gasteiger partial charge in [0.05, 0.1) is 29.2 Å². The van der Waals surface area contributed by atoms with Gasteiger partial charge in [-0.05, 0) is 69.2 Å². The second kappa shape index (κ2) is 10.8. The van der Waals surface area contributed by atoms with E-state index >= 15 is 0 Å². The van der Waals surface area contributed by atoms with E-state index in [4.69, 9.17) is 26.4 Å². The Morgan fingerprint density at radius 3 is 2.34 bits per heavy atom. The molecule has 0 fully saturated rings. The predicted octanol–water partition coefficient (Wildman–Crippen LogP) is 5.92. The highest BCUT2D eigenvalue weighted by Crippen LogP contribution is 2.40. The van der Waals surface area contributed by atoms with Gasteiger partial charge in [-0.1, -0.05) is 19.1 Å². The molecule has 1 aromatic heterocycles. The lowest BCUT2D eigenvalue weighted by atomic mass is 9.85. The first-order valence-corrected chi connectivity index (χ1v) is 12.1. The first-order valence-electron chi connectivity index (χ1n) is 10.9. The van der Waals surface area contributed by atoms with Crippen LogP contribution in [0.25, 0.3) is 0 Å². The molecule has 0 saturated heterocycles. The van der Waals surface area contributed by atoms with Crippen molar-refractivity contribution in [2.75, 3.05) is 25.1 Å². The van der Waals surface area contributed by atoms with Gasteiger partial charge in [-0.2, -0.15) is 5.26 Å². The average molecular weight is 473 g/mol. The van der Waals surface area contributed by atoms with E-state index in [1.165, 1.54) is 11.3 Å². The number of ether oxygens (including phenoxy) is 3. The van der Waals surface area contributed by atoms with Gasteiger partial charge < -0.3 is 19.5 Å². The maximum absolute atomic E-state index is 13.2. The molecule has 3 rings (SSSR count). The number of carbonyl (C=O) groups excluding carboxylic acids is 1. The summed E-state index contributed by atoms with van der Waals surface area (Å²) in [5, 5.41) is 13.2. The van der Waals surface area contributed by atoms with Crippen molar-refractivity contribution < 1.29 is 19.0 Å². The van der Waals surface area contributed by atoms with Gasteiger partial charge in [0, 0.05) is 5.56 Å². The molecule has 1 aromatic carbocycles. The lowest BCUT2D eigenvalue weighted by Crippen LogP contribution is -2.17. The second-order valence-corrected chi connectivity index (χ2v) is 9.25. The minimum atomic E-state index is -0.360. The molecule has 1 amide bonds. The molecule has 2 aromatic rings. The smallest absolute Gasteiger partial charge is 0.256 e. The minimum Gasteiger partial charge on any atom is -0.490 e. The number of hydrogen-bond acceptors (Lipinski definition) is 7. The third-order valence-electron chi connectivity index (χ3n) is 5.28. The number of hydrogen-bond donors (Lipinski definition) is 1. The van der Waals surface area contributed by atoms with Gasteiger partial charge in [-0.25, -0.2) is 0 Å². The van der Waals surface area contributed by atoms with Crippen LogP contribution in [0.15, 0.2) is 12.1 Å². The summed E-state index contributed by atoms with van der Waals surface area (Å²) in [4.78, 5) is 13.2. The van der Waals surface area contributed by atoms with Crippen molar-refractivity contribution in [2.45, 2.75) is 47.0 Å². The Hall–Kier alpha value is -2.63. The molecule has 170 valence electrons. The second-order valence-electron chi connectivity index (χ2n) is 7.57. The van der Waals surface area contributed by atoms with Crippen LogP contribution in [0.2, 0.25) is 0 Å². The van der Waals surface area contributed by atoms with E-state index in [1.54, 1.807) is 12.1 Å². The lowest BCUT2D eigenvalue weighted by molar-refractivity contribution is 0.102. The Kier molecular flexibility index (Phi) is 8.10. The fourth-order valence-corrected chi connectivity index (χ4v) is 5.23. The van der Waals surface area contributed by atoms with Gasteiger partial charge in [0.15, 0.2) is 11.5 Å². The Bertz CT molecular complexity index is 1080. The van der Waals surface area contributed by atoms with Crippen LogP contribution in [0.1, 0.15) is 61.2 Å². The van der Waals surface area contributed by atoms with Crippen molar-refractivity contribution in [1.82, 2.24) is 0 Å². The number of nitriles is 1. The van der Waals surface area contributed by atoms with Gasteiger partial charge in [0.2, 0.25) is 5.75 Å². The highest BCUT2D eigenvalue weighted by atomic mass is 32.1. The molecule has 0 saturated carbocycles. The molecule has 0 aliphatic heterocycles. The quantitative estimate of drug-likeness (QED) is 0.480. The van der Waals surface area contributed by atoms with E-state index < -0.39 is 0 Å². The molecule has 32 heavy (non-hydrogen) atoms. The molecule has 1 unspecified atom stereocenters. The number of rotatable bonds is 8. The number of anilines is 1. The zero-order chi connectivity index (χ0) is 23.3. The Morgan fingerprint density at radius 2 is 1.78 bits per heavy atom. The zero-order valence-electron chi connectivity index (χ0n) is 18.9. The first-order chi connectivity index (χ1) is 15.4. The third-order valence-corrected chi connectivity index (χ3v) is 6.72. The summed E-state index contributed by atoms with van der Waals surface area (Å²) in [6, 6.07) is 5.57. The van der Waals surface area contributed by atoms with Crippen molar-refractivity contribution in [3.8, 4) is 23.3 Å². The van der Waals surface area contributed by atoms with E-state index in [0.29, 0.717) is 59.1 Å². The fraction of sp³-hybridized carbons (Fsp3) is 0.458. The van der Waals surface area contributed by atoms with E-state index in [2.05, 4.69) is 18.3 Å². The Labute approximate surface area is 198 Å². The first kappa shape index (κ1) is 24.0. The fourth-order valence-electron chi connectivity index (χ4n) is 3.84. The largest absolute Gasteiger partial charge is 0.490 e. The number of nitrogens with one attached hydrogen (secondary N) is 1. The van der Waals surface area contributed by atoms with Crippen LogP contribution in [0.5, 0.6) is 17.2 Å². The van der Waals surface area contributed by atoms with Crippen molar-refractivity contribution in [3.05, 3.63) is 38.2 Å². The summed E-state index contributed by atoms with van der Waals surface area (Å²) in [6.07, 6.45) is 2.68. The molecule has 0 bridgehead atoms. The molecular formula is C24H28N2O4S2. The minimum absolute atomic E-state index is 0.355. The molecule has 0 spiro atoms. The molecule has 1 atom stereocenters. The number of fused-ring (bicyclic) bond motifs is 1. The van der Waals surface area contributed by atoms with E-state index in [0.717, 1.165) is 34.2 Å².